The quantitative estimate of drug-likeness (QED) is 0.681. The SMILES string of the molecule is CCNC1COCC1C(=O)N(C)CCC(C)O. The van der Waals surface area contributed by atoms with Crippen molar-refractivity contribution < 1.29 is 14.6 Å². The van der Waals surface area contributed by atoms with Gasteiger partial charge < -0.3 is 20.1 Å². The zero-order chi connectivity index (χ0) is 12.8. The fraction of sp³-hybridized carbons (Fsp3) is 0.917. The van der Waals surface area contributed by atoms with E-state index in [0.717, 1.165) is 6.54 Å². The predicted octanol–water partition coefficient (Wildman–Crippen LogP) is -0.160. The van der Waals surface area contributed by atoms with Gasteiger partial charge >= 0.3 is 0 Å². The van der Waals surface area contributed by atoms with Gasteiger partial charge in [0.05, 0.1) is 25.2 Å². The Morgan fingerprint density at radius 1 is 1.59 bits per heavy atom. The maximum Gasteiger partial charge on any atom is 0.229 e. The summed E-state index contributed by atoms with van der Waals surface area (Å²) < 4.78 is 5.36. The Balaban J connectivity index is 2.44. The predicted molar refractivity (Wildman–Crippen MR) is 65.7 cm³/mol. The number of carbonyl (C=O) groups excluding carboxylic acids is 1. The molecular weight excluding hydrogens is 220 g/mol. The fourth-order valence-electron chi connectivity index (χ4n) is 2.03. The van der Waals surface area contributed by atoms with Gasteiger partial charge in [0.15, 0.2) is 0 Å². The molecule has 3 unspecified atom stereocenters. The van der Waals surface area contributed by atoms with Gasteiger partial charge in [-0.3, -0.25) is 4.79 Å². The van der Waals surface area contributed by atoms with E-state index in [2.05, 4.69) is 5.32 Å². The summed E-state index contributed by atoms with van der Waals surface area (Å²) in [6.07, 6.45) is 0.247. The maximum atomic E-state index is 12.2. The van der Waals surface area contributed by atoms with Crippen LogP contribution in [0.4, 0.5) is 0 Å². The van der Waals surface area contributed by atoms with Gasteiger partial charge in [-0.15, -0.1) is 0 Å². The number of aliphatic hydroxyl groups is 1. The number of likely N-dealkylation sites (N-methyl/N-ethyl adjacent to an activating group) is 1. The Hall–Kier alpha value is -0.650. The standard InChI is InChI=1S/C12H24N2O3/c1-4-13-11-8-17-7-10(11)12(16)14(3)6-5-9(2)15/h9-11,13,15H,4-8H2,1-3H3. The molecular formula is C12H24N2O3. The Labute approximate surface area is 103 Å². The van der Waals surface area contributed by atoms with Gasteiger partial charge in [0, 0.05) is 19.6 Å². The largest absolute Gasteiger partial charge is 0.393 e. The van der Waals surface area contributed by atoms with Crippen molar-refractivity contribution in [3.63, 3.8) is 0 Å². The molecule has 0 aromatic carbocycles. The lowest BCUT2D eigenvalue weighted by molar-refractivity contribution is -0.134. The molecule has 1 amide bonds. The highest BCUT2D eigenvalue weighted by Crippen LogP contribution is 2.16. The van der Waals surface area contributed by atoms with Gasteiger partial charge in [-0.25, -0.2) is 0 Å². The van der Waals surface area contributed by atoms with Crippen LogP contribution in [0.1, 0.15) is 20.3 Å². The number of amides is 1. The second-order valence-corrected chi connectivity index (χ2v) is 4.71. The second-order valence-electron chi connectivity index (χ2n) is 4.71. The third-order valence-electron chi connectivity index (χ3n) is 3.12. The molecule has 100 valence electrons. The van der Waals surface area contributed by atoms with Crippen LogP contribution in [-0.4, -0.2) is 61.4 Å². The lowest BCUT2D eigenvalue weighted by Crippen LogP contribution is -2.45. The molecule has 5 heteroatoms. The third kappa shape index (κ3) is 4.26. The molecule has 0 radical (unpaired) electrons. The summed E-state index contributed by atoms with van der Waals surface area (Å²) in [5.41, 5.74) is 0. The summed E-state index contributed by atoms with van der Waals surface area (Å²) in [5.74, 6) is 0.0167. The number of rotatable bonds is 6. The minimum atomic E-state index is -0.366. The minimum absolute atomic E-state index is 0.0889. The molecule has 5 nitrogen and oxygen atoms in total. The van der Waals surface area contributed by atoms with Crippen molar-refractivity contribution in [2.45, 2.75) is 32.4 Å². The average molecular weight is 244 g/mol. The molecule has 1 fully saturated rings. The Morgan fingerprint density at radius 2 is 2.29 bits per heavy atom. The Morgan fingerprint density at radius 3 is 2.88 bits per heavy atom. The molecule has 0 bridgehead atoms. The minimum Gasteiger partial charge on any atom is -0.393 e. The van der Waals surface area contributed by atoms with Crippen LogP contribution in [0.15, 0.2) is 0 Å². The molecule has 3 atom stereocenters. The van der Waals surface area contributed by atoms with E-state index in [0.29, 0.717) is 26.2 Å². The van der Waals surface area contributed by atoms with E-state index in [9.17, 15) is 9.90 Å². The van der Waals surface area contributed by atoms with Gasteiger partial charge in [0.25, 0.3) is 0 Å². The number of ether oxygens (including phenoxy) is 1. The van der Waals surface area contributed by atoms with E-state index < -0.39 is 0 Å². The van der Waals surface area contributed by atoms with Crippen LogP contribution in [0, 0.1) is 5.92 Å². The number of aliphatic hydroxyl groups excluding tert-OH is 1. The third-order valence-corrected chi connectivity index (χ3v) is 3.12. The molecule has 2 N–H and O–H groups in total. The van der Waals surface area contributed by atoms with Crippen molar-refractivity contribution in [2.75, 3.05) is 33.4 Å². The van der Waals surface area contributed by atoms with E-state index >= 15 is 0 Å². The number of nitrogens with zero attached hydrogens (tertiary/aromatic N) is 1. The summed E-state index contributed by atoms with van der Waals surface area (Å²) in [5, 5.41) is 12.5. The molecule has 1 aliphatic rings. The smallest absolute Gasteiger partial charge is 0.229 e. The van der Waals surface area contributed by atoms with E-state index in [4.69, 9.17) is 4.74 Å². The van der Waals surface area contributed by atoms with Crippen LogP contribution >= 0.6 is 0 Å². The van der Waals surface area contributed by atoms with E-state index in [1.54, 1.807) is 18.9 Å². The maximum absolute atomic E-state index is 12.2. The summed E-state index contributed by atoms with van der Waals surface area (Å²) in [6, 6.07) is 0.126. The summed E-state index contributed by atoms with van der Waals surface area (Å²) in [4.78, 5) is 13.9. The van der Waals surface area contributed by atoms with Gasteiger partial charge in [-0.2, -0.15) is 0 Å². The van der Waals surface area contributed by atoms with E-state index in [1.807, 2.05) is 6.92 Å². The van der Waals surface area contributed by atoms with Crippen molar-refractivity contribution in [3.8, 4) is 0 Å². The molecule has 0 spiro atoms. The number of hydrogen-bond donors (Lipinski definition) is 2. The van der Waals surface area contributed by atoms with Crippen molar-refractivity contribution in [1.29, 1.82) is 0 Å². The normalized spacial score (nSPS) is 25.9. The fourth-order valence-corrected chi connectivity index (χ4v) is 2.03. The van der Waals surface area contributed by atoms with Crippen LogP contribution in [0.5, 0.6) is 0 Å². The van der Waals surface area contributed by atoms with Crippen LogP contribution in [0.3, 0.4) is 0 Å². The van der Waals surface area contributed by atoms with Crippen LogP contribution < -0.4 is 5.32 Å². The number of nitrogens with one attached hydrogen (secondary N) is 1. The van der Waals surface area contributed by atoms with Gasteiger partial charge in [-0.05, 0) is 19.9 Å². The number of carbonyl (C=O) groups is 1. The van der Waals surface area contributed by atoms with E-state index in [-0.39, 0.29) is 24.0 Å². The van der Waals surface area contributed by atoms with Gasteiger partial charge in [0.2, 0.25) is 5.91 Å². The zero-order valence-corrected chi connectivity index (χ0v) is 11.0. The molecule has 1 saturated heterocycles. The molecule has 1 heterocycles. The van der Waals surface area contributed by atoms with Crippen molar-refractivity contribution in [3.05, 3.63) is 0 Å². The Bertz CT molecular complexity index is 246. The first-order chi connectivity index (χ1) is 8.06. The first-order valence-corrected chi connectivity index (χ1v) is 6.30. The molecule has 0 aromatic heterocycles. The highest BCUT2D eigenvalue weighted by atomic mass is 16.5. The lowest BCUT2D eigenvalue weighted by Gasteiger charge is -2.24. The van der Waals surface area contributed by atoms with Crippen LogP contribution in [0.25, 0.3) is 0 Å². The highest BCUT2D eigenvalue weighted by molar-refractivity contribution is 5.79. The summed E-state index contributed by atoms with van der Waals surface area (Å²) in [6.45, 7) is 6.29. The van der Waals surface area contributed by atoms with E-state index in [1.165, 1.54) is 0 Å². The first kappa shape index (κ1) is 14.4. The summed E-state index contributed by atoms with van der Waals surface area (Å²) in [7, 11) is 1.78. The second kappa shape index (κ2) is 6.93. The topological polar surface area (TPSA) is 61.8 Å². The molecule has 1 rings (SSSR count). The molecule has 1 aliphatic heterocycles. The molecule has 17 heavy (non-hydrogen) atoms. The Kier molecular flexibility index (Phi) is 5.88. The van der Waals surface area contributed by atoms with Crippen LogP contribution in [0.2, 0.25) is 0 Å². The summed E-state index contributed by atoms with van der Waals surface area (Å²) >= 11 is 0. The highest BCUT2D eigenvalue weighted by Gasteiger charge is 2.34. The zero-order valence-electron chi connectivity index (χ0n) is 11.0. The molecule has 0 saturated carbocycles. The molecule has 0 aromatic rings. The van der Waals surface area contributed by atoms with Crippen LogP contribution in [-0.2, 0) is 9.53 Å². The lowest BCUT2D eigenvalue weighted by atomic mass is 10.0. The monoisotopic (exact) mass is 244 g/mol. The van der Waals surface area contributed by atoms with Crippen molar-refractivity contribution in [2.24, 2.45) is 5.92 Å². The van der Waals surface area contributed by atoms with Crippen molar-refractivity contribution >= 4 is 5.91 Å². The average Bonchev–Trinajstić information content (AvgIpc) is 2.73. The molecule has 0 aliphatic carbocycles. The van der Waals surface area contributed by atoms with Crippen molar-refractivity contribution in [1.82, 2.24) is 10.2 Å². The number of hydrogen-bond acceptors (Lipinski definition) is 4. The first-order valence-electron chi connectivity index (χ1n) is 6.30. The van der Waals surface area contributed by atoms with Gasteiger partial charge in [-0.1, -0.05) is 6.92 Å². The van der Waals surface area contributed by atoms with Gasteiger partial charge in [0.1, 0.15) is 0 Å².